The Bertz CT molecular complexity index is 238. The lowest BCUT2D eigenvalue weighted by Crippen LogP contribution is -2.16. The average Bonchev–Trinajstić information content (AvgIpc) is 2.11. The summed E-state index contributed by atoms with van der Waals surface area (Å²) in [6, 6.07) is 1.89. The summed E-state index contributed by atoms with van der Waals surface area (Å²) < 4.78 is 1.76. The zero-order valence-corrected chi connectivity index (χ0v) is 7.42. The van der Waals surface area contributed by atoms with Crippen molar-refractivity contribution in [3.8, 4) is 0 Å². The van der Waals surface area contributed by atoms with Gasteiger partial charge in [-0.3, -0.25) is 4.68 Å². The van der Waals surface area contributed by atoms with Crippen LogP contribution in [0.2, 0.25) is 0 Å². The largest absolute Gasteiger partial charge is 0.384 e. The van der Waals surface area contributed by atoms with Gasteiger partial charge in [0, 0.05) is 12.7 Å². The molecule has 0 aliphatic rings. The zero-order valence-electron chi connectivity index (χ0n) is 7.42. The lowest BCUT2D eigenvalue weighted by molar-refractivity contribution is 0.0732. The summed E-state index contributed by atoms with van der Waals surface area (Å²) in [5.74, 6) is 0. The van der Waals surface area contributed by atoms with Crippen LogP contribution < -0.4 is 0 Å². The molecule has 0 unspecified atom stereocenters. The first kappa shape index (κ1) is 8.27. The minimum atomic E-state index is -0.827. The third-order valence-corrected chi connectivity index (χ3v) is 1.74. The van der Waals surface area contributed by atoms with Gasteiger partial charge in [0.1, 0.15) is 5.60 Å². The molecule has 0 bridgehead atoms. The SMILES string of the molecule is Cc1cc(C(C)(C)O)nn1C. The molecular weight excluding hydrogens is 140 g/mol. The molecule has 11 heavy (non-hydrogen) atoms. The van der Waals surface area contributed by atoms with Gasteiger partial charge in [0.2, 0.25) is 0 Å². The van der Waals surface area contributed by atoms with Crippen LogP contribution in [0.25, 0.3) is 0 Å². The van der Waals surface area contributed by atoms with Crippen molar-refractivity contribution in [3.63, 3.8) is 0 Å². The van der Waals surface area contributed by atoms with E-state index in [1.54, 1.807) is 18.5 Å². The molecule has 1 heterocycles. The van der Waals surface area contributed by atoms with E-state index in [4.69, 9.17) is 0 Å². The summed E-state index contributed by atoms with van der Waals surface area (Å²) in [4.78, 5) is 0. The van der Waals surface area contributed by atoms with Crippen LogP contribution in [-0.4, -0.2) is 14.9 Å². The van der Waals surface area contributed by atoms with Gasteiger partial charge in [-0.25, -0.2) is 0 Å². The highest BCUT2D eigenvalue weighted by Crippen LogP contribution is 2.17. The van der Waals surface area contributed by atoms with Crippen LogP contribution in [0.5, 0.6) is 0 Å². The zero-order chi connectivity index (χ0) is 8.65. The predicted molar refractivity (Wildman–Crippen MR) is 43.2 cm³/mol. The molecule has 0 fully saturated rings. The molecule has 0 saturated heterocycles. The molecule has 1 aromatic heterocycles. The van der Waals surface area contributed by atoms with E-state index in [0.717, 1.165) is 11.4 Å². The molecule has 0 radical (unpaired) electrons. The molecule has 0 spiro atoms. The summed E-state index contributed by atoms with van der Waals surface area (Å²) in [5.41, 5.74) is 0.950. The lowest BCUT2D eigenvalue weighted by Gasteiger charge is -2.12. The second-order valence-corrected chi connectivity index (χ2v) is 3.35. The van der Waals surface area contributed by atoms with Crippen LogP contribution in [0.15, 0.2) is 6.07 Å². The molecule has 1 rings (SSSR count). The normalized spacial score (nSPS) is 12.1. The highest BCUT2D eigenvalue weighted by atomic mass is 16.3. The Morgan fingerprint density at radius 3 is 2.27 bits per heavy atom. The van der Waals surface area contributed by atoms with Crippen LogP contribution in [0.3, 0.4) is 0 Å². The Labute approximate surface area is 66.7 Å². The van der Waals surface area contributed by atoms with E-state index >= 15 is 0 Å². The van der Waals surface area contributed by atoms with E-state index in [9.17, 15) is 5.11 Å². The molecule has 62 valence electrons. The van der Waals surface area contributed by atoms with Crippen molar-refractivity contribution in [2.24, 2.45) is 7.05 Å². The van der Waals surface area contributed by atoms with E-state index in [1.807, 2.05) is 20.0 Å². The molecule has 1 aromatic rings. The van der Waals surface area contributed by atoms with Crippen molar-refractivity contribution >= 4 is 0 Å². The van der Waals surface area contributed by atoms with E-state index in [-0.39, 0.29) is 0 Å². The first-order chi connectivity index (χ1) is 4.91. The van der Waals surface area contributed by atoms with Gasteiger partial charge in [0.15, 0.2) is 0 Å². The maximum Gasteiger partial charge on any atom is 0.103 e. The number of aryl methyl sites for hydroxylation is 2. The fourth-order valence-electron chi connectivity index (χ4n) is 0.860. The smallest absolute Gasteiger partial charge is 0.103 e. The van der Waals surface area contributed by atoms with E-state index < -0.39 is 5.60 Å². The Kier molecular flexibility index (Phi) is 1.76. The number of nitrogens with zero attached hydrogens (tertiary/aromatic N) is 2. The predicted octanol–water partition coefficient (Wildman–Crippen LogP) is 0.956. The van der Waals surface area contributed by atoms with Crippen molar-refractivity contribution in [3.05, 3.63) is 17.5 Å². The minimum absolute atomic E-state index is 0.720. The van der Waals surface area contributed by atoms with Gasteiger partial charge >= 0.3 is 0 Å². The molecular formula is C8H14N2O. The van der Waals surface area contributed by atoms with Crippen LogP contribution >= 0.6 is 0 Å². The summed E-state index contributed by atoms with van der Waals surface area (Å²) in [5, 5.41) is 13.7. The molecule has 0 saturated carbocycles. The van der Waals surface area contributed by atoms with Crippen molar-refractivity contribution in [2.45, 2.75) is 26.4 Å². The number of aliphatic hydroxyl groups is 1. The molecule has 0 aliphatic carbocycles. The Morgan fingerprint density at radius 1 is 1.55 bits per heavy atom. The quantitative estimate of drug-likeness (QED) is 0.654. The van der Waals surface area contributed by atoms with Gasteiger partial charge in [-0.05, 0) is 26.8 Å². The molecule has 0 amide bonds. The Balaban J connectivity index is 3.08. The topological polar surface area (TPSA) is 38.1 Å². The summed E-state index contributed by atoms with van der Waals surface area (Å²) in [7, 11) is 1.87. The second kappa shape index (κ2) is 2.34. The van der Waals surface area contributed by atoms with Crippen LogP contribution in [-0.2, 0) is 12.6 Å². The van der Waals surface area contributed by atoms with Crippen LogP contribution in [0, 0.1) is 6.92 Å². The standard InChI is InChI=1S/C8H14N2O/c1-6-5-7(8(2,3)11)9-10(6)4/h5,11H,1-4H3. The number of hydrogen-bond donors (Lipinski definition) is 1. The Hall–Kier alpha value is -0.830. The van der Waals surface area contributed by atoms with Crippen molar-refractivity contribution in [1.82, 2.24) is 9.78 Å². The van der Waals surface area contributed by atoms with Gasteiger partial charge in [-0.1, -0.05) is 0 Å². The molecule has 0 aliphatic heterocycles. The van der Waals surface area contributed by atoms with Gasteiger partial charge in [0.25, 0.3) is 0 Å². The number of hydrogen-bond acceptors (Lipinski definition) is 2. The van der Waals surface area contributed by atoms with Crippen molar-refractivity contribution < 1.29 is 5.11 Å². The van der Waals surface area contributed by atoms with E-state index in [0.29, 0.717) is 0 Å². The van der Waals surface area contributed by atoms with E-state index in [2.05, 4.69) is 5.10 Å². The number of rotatable bonds is 1. The second-order valence-electron chi connectivity index (χ2n) is 3.35. The van der Waals surface area contributed by atoms with Gasteiger partial charge in [0.05, 0.1) is 5.69 Å². The summed E-state index contributed by atoms with van der Waals surface area (Å²) in [6.07, 6.45) is 0. The molecule has 3 nitrogen and oxygen atoms in total. The van der Waals surface area contributed by atoms with E-state index in [1.165, 1.54) is 0 Å². The third-order valence-electron chi connectivity index (χ3n) is 1.74. The highest BCUT2D eigenvalue weighted by molar-refractivity contribution is 5.13. The van der Waals surface area contributed by atoms with Gasteiger partial charge in [-0.15, -0.1) is 0 Å². The van der Waals surface area contributed by atoms with Crippen molar-refractivity contribution in [1.29, 1.82) is 0 Å². The van der Waals surface area contributed by atoms with Gasteiger partial charge < -0.3 is 5.11 Å². The lowest BCUT2D eigenvalue weighted by atomic mass is 10.1. The maximum absolute atomic E-state index is 9.55. The first-order valence-electron chi connectivity index (χ1n) is 3.65. The average molecular weight is 154 g/mol. The number of aromatic nitrogens is 2. The summed E-state index contributed by atoms with van der Waals surface area (Å²) >= 11 is 0. The van der Waals surface area contributed by atoms with Crippen LogP contribution in [0.4, 0.5) is 0 Å². The van der Waals surface area contributed by atoms with Gasteiger partial charge in [-0.2, -0.15) is 5.10 Å². The van der Waals surface area contributed by atoms with Crippen molar-refractivity contribution in [2.75, 3.05) is 0 Å². The summed E-state index contributed by atoms with van der Waals surface area (Å²) in [6.45, 7) is 5.42. The monoisotopic (exact) mass is 154 g/mol. The Morgan fingerprint density at radius 2 is 2.09 bits per heavy atom. The minimum Gasteiger partial charge on any atom is -0.384 e. The van der Waals surface area contributed by atoms with Crippen LogP contribution in [0.1, 0.15) is 25.2 Å². The molecule has 0 atom stereocenters. The fourth-order valence-corrected chi connectivity index (χ4v) is 0.860. The molecule has 1 N–H and O–H groups in total. The molecule has 0 aromatic carbocycles. The fraction of sp³-hybridized carbons (Fsp3) is 0.625. The highest BCUT2D eigenvalue weighted by Gasteiger charge is 2.19. The first-order valence-corrected chi connectivity index (χ1v) is 3.65. The maximum atomic E-state index is 9.55. The molecule has 3 heteroatoms. The third kappa shape index (κ3) is 1.60.